The number of fused-ring (bicyclic) bond motifs is 1. The predicted molar refractivity (Wildman–Crippen MR) is 119 cm³/mol. The van der Waals surface area contributed by atoms with Gasteiger partial charge in [0.15, 0.2) is 16.6 Å². The number of thiazole rings is 1. The van der Waals surface area contributed by atoms with Crippen molar-refractivity contribution < 1.29 is 19.0 Å². The highest BCUT2D eigenvalue weighted by Gasteiger charge is 2.14. The van der Waals surface area contributed by atoms with Crippen LogP contribution >= 0.6 is 22.9 Å². The maximum atomic E-state index is 12.1. The third-order valence-electron chi connectivity index (χ3n) is 4.16. The standard InChI is InChI=1S/C20H16ClN5O4S/c1-28-16-8-12-15(9-17(16)29-2)23-10-24-18(12)30-11-3-4-14(13(21)7-11)25-19(27)26-20-22-5-6-31-20/h3-10H,1-2H3,(H2,22,25,26,27). The molecular formula is C20H16ClN5O4S. The molecule has 0 aliphatic rings. The first-order chi connectivity index (χ1) is 15.1. The van der Waals surface area contributed by atoms with E-state index in [4.69, 9.17) is 25.8 Å². The average molecular weight is 458 g/mol. The fraction of sp³-hybridized carbons (Fsp3) is 0.100. The highest BCUT2D eigenvalue weighted by atomic mass is 35.5. The van der Waals surface area contributed by atoms with Crippen molar-refractivity contribution in [3.63, 3.8) is 0 Å². The number of methoxy groups -OCH3 is 2. The van der Waals surface area contributed by atoms with Gasteiger partial charge in [-0.2, -0.15) is 0 Å². The number of carbonyl (C=O) groups is 1. The summed E-state index contributed by atoms with van der Waals surface area (Å²) in [6.07, 6.45) is 2.99. The molecule has 0 aliphatic heterocycles. The summed E-state index contributed by atoms with van der Waals surface area (Å²) < 4.78 is 16.6. The number of halogens is 1. The molecule has 0 unspecified atom stereocenters. The molecule has 0 atom stereocenters. The van der Waals surface area contributed by atoms with Crippen LogP contribution in [0, 0.1) is 0 Å². The number of aromatic nitrogens is 3. The molecule has 2 N–H and O–H groups in total. The Bertz CT molecular complexity index is 1240. The van der Waals surface area contributed by atoms with Crippen LogP contribution in [0.3, 0.4) is 0 Å². The van der Waals surface area contributed by atoms with Crippen LogP contribution in [0.25, 0.3) is 10.9 Å². The molecule has 0 aliphatic carbocycles. The summed E-state index contributed by atoms with van der Waals surface area (Å²) in [5.41, 5.74) is 1.05. The van der Waals surface area contributed by atoms with Crippen LogP contribution in [-0.4, -0.2) is 35.2 Å². The Balaban J connectivity index is 1.55. The Hall–Kier alpha value is -3.63. The lowest BCUT2D eigenvalue weighted by Gasteiger charge is -2.12. The Kier molecular flexibility index (Phi) is 6.01. The van der Waals surface area contributed by atoms with Gasteiger partial charge < -0.3 is 19.5 Å². The Morgan fingerprint density at radius 2 is 1.84 bits per heavy atom. The van der Waals surface area contributed by atoms with Crippen LogP contribution in [-0.2, 0) is 0 Å². The van der Waals surface area contributed by atoms with Crippen molar-refractivity contribution in [2.45, 2.75) is 0 Å². The lowest BCUT2D eigenvalue weighted by molar-refractivity contribution is 0.262. The van der Waals surface area contributed by atoms with Gasteiger partial charge in [0.05, 0.1) is 35.8 Å². The maximum Gasteiger partial charge on any atom is 0.325 e. The second-order valence-corrected chi connectivity index (χ2v) is 7.37. The van der Waals surface area contributed by atoms with Gasteiger partial charge >= 0.3 is 6.03 Å². The molecule has 4 rings (SSSR count). The lowest BCUT2D eigenvalue weighted by Crippen LogP contribution is -2.19. The number of hydrogen-bond acceptors (Lipinski definition) is 8. The maximum absolute atomic E-state index is 12.1. The molecule has 0 radical (unpaired) electrons. The van der Waals surface area contributed by atoms with Crippen molar-refractivity contribution >= 4 is 50.7 Å². The molecule has 0 saturated heterocycles. The Morgan fingerprint density at radius 1 is 1.03 bits per heavy atom. The zero-order chi connectivity index (χ0) is 21.8. The smallest absolute Gasteiger partial charge is 0.325 e. The topological polar surface area (TPSA) is 107 Å². The van der Waals surface area contributed by atoms with E-state index in [-0.39, 0.29) is 0 Å². The van der Waals surface area contributed by atoms with Gasteiger partial charge in [0, 0.05) is 23.7 Å². The summed E-state index contributed by atoms with van der Waals surface area (Å²) >= 11 is 7.63. The first kappa shape index (κ1) is 20.6. The predicted octanol–water partition coefficient (Wildman–Crippen LogP) is 5.19. The number of anilines is 2. The fourth-order valence-corrected chi connectivity index (χ4v) is 3.49. The zero-order valence-electron chi connectivity index (χ0n) is 16.4. The normalized spacial score (nSPS) is 10.5. The van der Waals surface area contributed by atoms with Crippen molar-refractivity contribution in [1.29, 1.82) is 0 Å². The van der Waals surface area contributed by atoms with Crippen LogP contribution in [0.1, 0.15) is 0 Å². The van der Waals surface area contributed by atoms with Gasteiger partial charge in [-0.1, -0.05) is 11.6 Å². The van der Waals surface area contributed by atoms with Crippen molar-refractivity contribution in [3.8, 4) is 23.1 Å². The SMILES string of the molecule is COc1cc2ncnc(Oc3ccc(NC(=O)Nc4nccs4)c(Cl)c3)c2cc1OC. The number of rotatable bonds is 6. The molecule has 11 heteroatoms. The summed E-state index contributed by atoms with van der Waals surface area (Å²) in [5.74, 6) is 1.84. The number of ether oxygens (including phenoxy) is 3. The van der Waals surface area contributed by atoms with Gasteiger partial charge in [-0.25, -0.2) is 19.7 Å². The number of urea groups is 1. The van der Waals surface area contributed by atoms with E-state index < -0.39 is 6.03 Å². The van der Waals surface area contributed by atoms with E-state index in [1.165, 1.54) is 17.7 Å². The Labute approximate surface area is 186 Å². The molecule has 0 spiro atoms. The van der Waals surface area contributed by atoms with Crippen LogP contribution in [0.5, 0.6) is 23.1 Å². The van der Waals surface area contributed by atoms with Gasteiger partial charge in [-0.05, 0) is 18.2 Å². The minimum atomic E-state index is -0.451. The van der Waals surface area contributed by atoms with E-state index in [2.05, 4.69) is 25.6 Å². The largest absolute Gasteiger partial charge is 0.493 e. The molecule has 2 aromatic heterocycles. The molecule has 0 fully saturated rings. The first-order valence-corrected chi connectivity index (χ1v) is 10.1. The van der Waals surface area contributed by atoms with Crippen molar-refractivity contribution in [2.75, 3.05) is 24.9 Å². The molecule has 31 heavy (non-hydrogen) atoms. The monoisotopic (exact) mass is 457 g/mol. The molecule has 158 valence electrons. The molecular weight excluding hydrogens is 442 g/mol. The lowest BCUT2D eigenvalue weighted by atomic mass is 10.2. The van der Waals surface area contributed by atoms with Gasteiger partial charge in [-0.3, -0.25) is 5.32 Å². The molecule has 4 aromatic rings. The van der Waals surface area contributed by atoms with Gasteiger partial charge in [-0.15, -0.1) is 11.3 Å². The number of amides is 2. The third-order valence-corrected chi connectivity index (χ3v) is 5.16. The van der Waals surface area contributed by atoms with Crippen molar-refractivity contribution in [2.24, 2.45) is 0 Å². The van der Waals surface area contributed by atoms with Crippen LogP contribution in [0.15, 0.2) is 48.2 Å². The molecule has 2 aromatic carbocycles. The molecule has 2 amide bonds. The molecule has 0 saturated carbocycles. The molecule has 2 heterocycles. The number of hydrogen-bond donors (Lipinski definition) is 2. The Morgan fingerprint density at radius 3 is 2.55 bits per heavy atom. The van der Waals surface area contributed by atoms with Gasteiger partial charge in [0.1, 0.15) is 12.1 Å². The van der Waals surface area contributed by atoms with Crippen LogP contribution in [0.2, 0.25) is 5.02 Å². The number of nitrogens with zero attached hydrogens (tertiary/aromatic N) is 3. The van der Waals surface area contributed by atoms with E-state index in [1.807, 2.05) is 0 Å². The van der Waals surface area contributed by atoms with Gasteiger partial charge in [0.2, 0.25) is 5.88 Å². The minimum absolute atomic E-state index is 0.296. The number of nitrogens with one attached hydrogen (secondary N) is 2. The summed E-state index contributed by atoms with van der Waals surface area (Å²) in [4.78, 5) is 24.5. The summed E-state index contributed by atoms with van der Waals surface area (Å²) in [6, 6.07) is 7.91. The fourth-order valence-electron chi connectivity index (χ4n) is 2.75. The molecule has 0 bridgehead atoms. The van der Waals surface area contributed by atoms with Crippen molar-refractivity contribution in [3.05, 3.63) is 53.3 Å². The third kappa shape index (κ3) is 4.60. The number of benzene rings is 2. The zero-order valence-corrected chi connectivity index (χ0v) is 18.0. The van der Waals surface area contributed by atoms with Crippen LogP contribution in [0.4, 0.5) is 15.6 Å². The minimum Gasteiger partial charge on any atom is -0.493 e. The first-order valence-electron chi connectivity index (χ1n) is 8.89. The quantitative estimate of drug-likeness (QED) is 0.410. The highest BCUT2D eigenvalue weighted by Crippen LogP contribution is 2.36. The average Bonchev–Trinajstić information content (AvgIpc) is 3.27. The second-order valence-electron chi connectivity index (χ2n) is 6.06. The van der Waals surface area contributed by atoms with E-state index >= 15 is 0 Å². The number of carbonyl (C=O) groups excluding carboxylic acids is 1. The van der Waals surface area contributed by atoms with Gasteiger partial charge in [0.25, 0.3) is 0 Å². The van der Waals surface area contributed by atoms with E-state index in [1.54, 1.807) is 56.1 Å². The summed E-state index contributed by atoms with van der Waals surface area (Å²) in [5, 5.41) is 8.47. The van der Waals surface area contributed by atoms with E-state index in [0.717, 1.165) is 0 Å². The summed E-state index contributed by atoms with van der Waals surface area (Å²) in [6.45, 7) is 0. The van der Waals surface area contributed by atoms with Crippen molar-refractivity contribution in [1.82, 2.24) is 15.0 Å². The summed E-state index contributed by atoms with van der Waals surface area (Å²) in [7, 11) is 3.10. The van der Waals surface area contributed by atoms with Crippen LogP contribution < -0.4 is 24.8 Å². The highest BCUT2D eigenvalue weighted by molar-refractivity contribution is 7.13. The second kappa shape index (κ2) is 9.02. The van der Waals surface area contributed by atoms with E-state index in [9.17, 15) is 4.79 Å². The van der Waals surface area contributed by atoms with E-state index in [0.29, 0.717) is 49.9 Å². The molecule has 9 nitrogen and oxygen atoms in total.